The van der Waals surface area contributed by atoms with Crippen LogP contribution in [0, 0.1) is 19.7 Å². The number of hydrogen-bond acceptors (Lipinski definition) is 2. The molecule has 3 rings (SSSR count). The zero-order valence-electron chi connectivity index (χ0n) is 14.9. The summed E-state index contributed by atoms with van der Waals surface area (Å²) >= 11 is 0. The van der Waals surface area contributed by atoms with Gasteiger partial charge in [0, 0.05) is 31.1 Å². The van der Waals surface area contributed by atoms with Crippen LogP contribution < -0.4 is 10.6 Å². The second-order valence-corrected chi connectivity index (χ2v) is 6.48. The molecule has 0 atom stereocenters. The number of guanidine groups is 1. The van der Waals surface area contributed by atoms with Gasteiger partial charge in [-0.25, -0.2) is 4.39 Å². The van der Waals surface area contributed by atoms with Crippen LogP contribution in [0.5, 0.6) is 0 Å². The topological polar surface area (TPSA) is 49.6 Å². The van der Waals surface area contributed by atoms with Crippen LogP contribution in [0.1, 0.15) is 35.5 Å². The van der Waals surface area contributed by atoms with Crippen molar-refractivity contribution >= 4 is 29.9 Å². The molecule has 4 nitrogen and oxygen atoms in total. The first-order chi connectivity index (χ1) is 11.5. The highest BCUT2D eigenvalue weighted by Gasteiger charge is 2.45. The van der Waals surface area contributed by atoms with E-state index in [-0.39, 0.29) is 35.2 Å². The van der Waals surface area contributed by atoms with Crippen LogP contribution in [0.4, 0.5) is 4.39 Å². The maximum absolute atomic E-state index is 14.1. The lowest BCUT2D eigenvalue weighted by Gasteiger charge is -2.19. The number of hydrogen-bond donors (Lipinski definition) is 2. The second kappa shape index (κ2) is 8.21. The minimum Gasteiger partial charge on any atom is -0.466 e. The lowest BCUT2D eigenvalue weighted by molar-refractivity contribution is 0.500. The van der Waals surface area contributed by atoms with Crippen LogP contribution in [-0.4, -0.2) is 19.6 Å². The van der Waals surface area contributed by atoms with E-state index in [1.165, 1.54) is 6.07 Å². The van der Waals surface area contributed by atoms with E-state index in [4.69, 9.17) is 4.42 Å². The monoisotopic (exact) mass is 457 g/mol. The second-order valence-electron chi connectivity index (χ2n) is 6.48. The van der Waals surface area contributed by atoms with Gasteiger partial charge in [0.05, 0.1) is 0 Å². The Morgan fingerprint density at radius 2 is 1.96 bits per heavy atom. The van der Waals surface area contributed by atoms with Gasteiger partial charge in [-0.3, -0.25) is 4.99 Å². The fourth-order valence-electron chi connectivity index (χ4n) is 3.09. The summed E-state index contributed by atoms with van der Waals surface area (Å²) in [5.41, 5.74) is 1.81. The summed E-state index contributed by atoms with van der Waals surface area (Å²) in [4.78, 5) is 4.26. The van der Waals surface area contributed by atoms with Crippen molar-refractivity contribution in [1.29, 1.82) is 0 Å². The van der Waals surface area contributed by atoms with Crippen molar-refractivity contribution in [3.8, 4) is 0 Å². The zero-order chi connectivity index (χ0) is 17.2. The van der Waals surface area contributed by atoms with Gasteiger partial charge in [-0.1, -0.05) is 18.2 Å². The molecule has 0 unspecified atom stereocenters. The Labute approximate surface area is 165 Å². The van der Waals surface area contributed by atoms with E-state index in [0.29, 0.717) is 13.1 Å². The molecule has 1 aromatic carbocycles. The number of furan rings is 1. The summed E-state index contributed by atoms with van der Waals surface area (Å²) in [6.07, 6.45) is 2.00. The van der Waals surface area contributed by atoms with Crippen molar-refractivity contribution in [1.82, 2.24) is 10.6 Å². The van der Waals surface area contributed by atoms with Gasteiger partial charge in [-0.15, -0.1) is 24.0 Å². The Hall–Kier alpha value is -1.57. The fourth-order valence-corrected chi connectivity index (χ4v) is 3.09. The quantitative estimate of drug-likeness (QED) is 0.405. The molecule has 1 saturated carbocycles. The highest BCUT2D eigenvalue weighted by Crippen LogP contribution is 2.48. The number of nitrogens with one attached hydrogen (secondary N) is 2. The van der Waals surface area contributed by atoms with Crippen molar-refractivity contribution in [3.63, 3.8) is 0 Å². The number of aryl methyl sites for hydroxylation is 2. The highest BCUT2D eigenvalue weighted by molar-refractivity contribution is 14.0. The standard InChI is InChI=1S/C19H24FN3O.HI/c1-13-10-15(14(2)24-13)11-22-18(21-3)23-12-19(8-9-19)16-6-4-5-7-17(16)20;/h4-7,10H,8-9,11-12H2,1-3H3,(H2,21,22,23);1H. The minimum absolute atomic E-state index is 0. The van der Waals surface area contributed by atoms with E-state index in [1.54, 1.807) is 13.1 Å². The van der Waals surface area contributed by atoms with Gasteiger partial charge >= 0.3 is 0 Å². The molecule has 0 amide bonds. The number of aliphatic imine (C=N–C) groups is 1. The zero-order valence-corrected chi connectivity index (χ0v) is 17.2. The van der Waals surface area contributed by atoms with Crippen LogP contribution in [0.2, 0.25) is 0 Å². The molecule has 0 aliphatic heterocycles. The van der Waals surface area contributed by atoms with Crippen molar-refractivity contribution < 1.29 is 8.81 Å². The average molecular weight is 457 g/mol. The number of rotatable bonds is 5. The molecule has 1 aliphatic carbocycles. The molecular formula is C19H25FIN3O. The van der Waals surface area contributed by atoms with Gasteiger partial charge in [0.25, 0.3) is 0 Å². The molecule has 1 aliphatic rings. The Morgan fingerprint density at radius 3 is 2.52 bits per heavy atom. The largest absolute Gasteiger partial charge is 0.466 e. The van der Waals surface area contributed by atoms with Gasteiger partial charge in [0.1, 0.15) is 17.3 Å². The van der Waals surface area contributed by atoms with E-state index >= 15 is 0 Å². The SMILES string of the molecule is CN=C(NCc1cc(C)oc1C)NCC1(c2ccccc2F)CC1.I. The molecule has 6 heteroatoms. The van der Waals surface area contributed by atoms with E-state index in [1.807, 2.05) is 32.0 Å². The molecule has 0 spiro atoms. The molecule has 25 heavy (non-hydrogen) atoms. The van der Waals surface area contributed by atoms with Gasteiger partial charge in [0.2, 0.25) is 0 Å². The normalized spacial score (nSPS) is 15.4. The van der Waals surface area contributed by atoms with Crippen molar-refractivity contribution in [2.24, 2.45) is 4.99 Å². The fraction of sp³-hybridized carbons (Fsp3) is 0.421. The first kappa shape index (κ1) is 19.8. The van der Waals surface area contributed by atoms with E-state index in [0.717, 1.165) is 41.4 Å². The average Bonchev–Trinajstić information content (AvgIpc) is 3.27. The third-order valence-electron chi connectivity index (χ3n) is 4.71. The summed E-state index contributed by atoms with van der Waals surface area (Å²) in [7, 11) is 1.74. The number of nitrogens with zero attached hydrogens (tertiary/aromatic N) is 1. The maximum atomic E-state index is 14.1. The molecule has 1 heterocycles. The molecule has 1 aromatic heterocycles. The van der Waals surface area contributed by atoms with Crippen molar-refractivity contribution in [2.45, 2.75) is 38.6 Å². The van der Waals surface area contributed by atoms with Gasteiger partial charge < -0.3 is 15.1 Å². The summed E-state index contributed by atoms with van der Waals surface area (Å²) in [5, 5.41) is 6.63. The molecule has 2 N–H and O–H groups in total. The van der Waals surface area contributed by atoms with Crippen LogP contribution in [-0.2, 0) is 12.0 Å². The van der Waals surface area contributed by atoms with Crippen molar-refractivity contribution in [2.75, 3.05) is 13.6 Å². The Balaban J connectivity index is 0.00000225. The van der Waals surface area contributed by atoms with Gasteiger partial charge in [-0.05, 0) is 44.4 Å². The third kappa shape index (κ3) is 4.54. The number of halogens is 2. The predicted octanol–water partition coefficient (Wildman–Crippen LogP) is 4.05. The van der Waals surface area contributed by atoms with Crippen LogP contribution in [0.15, 0.2) is 39.7 Å². The van der Waals surface area contributed by atoms with E-state index in [9.17, 15) is 4.39 Å². The lowest BCUT2D eigenvalue weighted by atomic mass is 9.95. The Kier molecular flexibility index (Phi) is 6.48. The Morgan fingerprint density at radius 1 is 1.24 bits per heavy atom. The minimum atomic E-state index is -0.121. The van der Waals surface area contributed by atoms with E-state index in [2.05, 4.69) is 15.6 Å². The highest BCUT2D eigenvalue weighted by atomic mass is 127. The first-order valence-electron chi connectivity index (χ1n) is 8.29. The van der Waals surface area contributed by atoms with Gasteiger partial charge in [-0.2, -0.15) is 0 Å². The smallest absolute Gasteiger partial charge is 0.191 e. The summed E-state index contributed by atoms with van der Waals surface area (Å²) in [5.74, 6) is 2.42. The van der Waals surface area contributed by atoms with Crippen LogP contribution in [0.25, 0.3) is 0 Å². The predicted molar refractivity (Wildman–Crippen MR) is 109 cm³/mol. The van der Waals surface area contributed by atoms with E-state index < -0.39 is 0 Å². The summed E-state index contributed by atoms with van der Waals surface area (Å²) in [6, 6.07) is 9.08. The molecule has 1 fully saturated rings. The summed E-state index contributed by atoms with van der Waals surface area (Å²) < 4.78 is 19.6. The third-order valence-corrected chi connectivity index (χ3v) is 4.71. The summed E-state index contributed by atoms with van der Waals surface area (Å²) in [6.45, 7) is 5.22. The molecule has 0 radical (unpaired) electrons. The molecule has 2 aromatic rings. The number of benzene rings is 1. The first-order valence-corrected chi connectivity index (χ1v) is 8.29. The van der Waals surface area contributed by atoms with Crippen LogP contribution in [0.3, 0.4) is 0 Å². The van der Waals surface area contributed by atoms with Crippen molar-refractivity contribution in [3.05, 3.63) is 58.8 Å². The molecule has 0 saturated heterocycles. The van der Waals surface area contributed by atoms with Gasteiger partial charge in [0.15, 0.2) is 5.96 Å². The maximum Gasteiger partial charge on any atom is 0.191 e. The molecular weight excluding hydrogens is 432 g/mol. The molecule has 0 bridgehead atoms. The lowest BCUT2D eigenvalue weighted by Crippen LogP contribution is -2.41. The molecule has 136 valence electrons. The Bertz CT molecular complexity index is 753. The van der Waals surface area contributed by atoms with Crippen LogP contribution >= 0.6 is 24.0 Å².